The van der Waals surface area contributed by atoms with E-state index in [4.69, 9.17) is 15.0 Å². The summed E-state index contributed by atoms with van der Waals surface area (Å²) in [7, 11) is 1.49. The predicted molar refractivity (Wildman–Crippen MR) is 46.3 cm³/mol. The van der Waals surface area contributed by atoms with Crippen LogP contribution in [0, 0.1) is 0 Å². The minimum Gasteiger partial charge on any atom is -0.479 e. The Morgan fingerprint density at radius 1 is 1.50 bits per heavy atom. The van der Waals surface area contributed by atoms with Gasteiger partial charge in [0, 0.05) is 0 Å². The van der Waals surface area contributed by atoms with Crippen molar-refractivity contribution in [1.82, 2.24) is 20.3 Å². The van der Waals surface area contributed by atoms with Crippen LogP contribution in [-0.2, 0) is 0 Å². The zero-order valence-electron chi connectivity index (χ0n) is 7.34. The molecular weight excluding hydrogens is 186 g/mol. The molecule has 7 nitrogen and oxygen atoms in total. The third kappa shape index (κ3) is 1.47. The van der Waals surface area contributed by atoms with E-state index in [0.717, 1.165) is 0 Å². The van der Waals surface area contributed by atoms with E-state index < -0.39 is 0 Å². The number of hydrogen-bond acceptors (Lipinski definition) is 7. The monoisotopic (exact) mass is 193 g/mol. The standard InChI is InChI=1S/C7H7N5O2/c1-13-6-2-5(14-12-6)4-3-9-11-7(8)10-4/h2-3H,1H3,(H2,8,10,11). The minimum atomic E-state index is 0.0814. The van der Waals surface area contributed by atoms with Crippen molar-refractivity contribution in [2.45, 2.75) is 0 Å². The summed E-state index contributed by atoms with van der Waals surface area (Å²) in [6, 6.07) is 1.59. The molecule has 0 saturated carbocycles. The molecule has 2 aromatic rings. The molecule has 72 valence electrons. The highest BCUT2D eigenvalue weighted by Gasteiger charge is 2.08. The summed E-state index contributed by atoms with van der Waals surface area (Å²) in [4.78, 5) is 3.91. The molecule has 2 aromatic heterocycles. The molecule has 0 spiro atoms. The molecule has 14 heavy (non-hydrogen) atoms. The van der Waals surface area contributed by atoms with E-state index in [1.165, 1.54) is 13.3 Å². The Bertz CT molecular complexity index is 441. The van der Waals surface area contributed by atoms with Crippen molar-refractivity contribution in [2.24, 2.45) is 0 Å². The molecule has 0 bridgehead atoms. The fourth-order valence-corrected chi connectivity index (χ4v) is 0.912. The summed E-state index contributed by atoms with van der Waals surface area (Å²) in [5.74, 6) is 0.888. The molecule has 0 amide bonds. The molecule has 7 heteroatoms. The van der Waals surface area contributed by atoms with Gasteiger partial charge in [-0.1, -0.05) is 0 Å². The normalized spacial score (nSPS) is 10.1. The van der Waals surface area contributed by atoms with Gasteiger partial charge in [-0.15, -0.1) is 5.10 Å². The van der Waals surface area contributed by atoms with Gasteiger partial charge in [0.2, 0.25) is 5.95 Å². The molecular formula is C7H7N5O2. The number of nitrogens with zero attached hydrogens (tertiary/aromatic N) is 4. The van der Waals surface area contributed by atoms with E-state index in [1.807, 2.05) is 0 Å². The topological polar surface area (TPSA) is 100.0 Å². The van der Waals surface area contributed by atoms with Gasteiger partial charge in [0.25, 0.3) is 5.88 Å². The summed E-state index contributed by atoms with van der Waals surface area (Å²) in [5, 5.41) is 10.8. The fraction of sp³-hybridized carbons (Fsp3) is 0.143. The second-order valence-corrected chi connectivity index (χ2v) is 2.43. The second kappa shape index (κ2) is 3.29. The molecule has 0 aliphatic rings. The van der Waals surface area contributed by atoms with Crippen molar-refractivity contribution < 1.29 is 9.26 Å². The Labute approximate surface area is 78.9 Å². The second-order valence-electron chi connectivity index (χ2n) is 2.43. The predicted octanol–water partition coefficient (Wildman–Crippen LogP) is 0.117. The smallest absolute Gasteiger partial charge is 0.254 e. The lowest BCUT2D eigenvalue weighted by molar-refractivity contribution is 0.342. The number of aromatic nitrogens is 4. The van der Waals surface area contributed by atoms with Crippen LogP contribution in [0.25, 0.3) is 11.5 Å². The summed E-state index contributed by atoms with van der Waals surface area (Å²) in [5.41, 5.74) is 5.82. The Morgan fingerprint density at radius 2 is 2.36 bits per heavy atom. The third-order valence-corrected chi connectivity index (χ3v) is 1.53. The first kappa shape index (κ1) is 8.42. The van der Waals surface area contributed by atoms with Crippen LogP contribution in [0.3, 0.4) is 0 Å². The molecule has 2 heterocycles. The van der Waals surface area contributed by atoms with Crippen LogP contribution in [0.2, 0.25) is 0 Å². The molecule has 0 aliphatic heterocycles. The van der Waals surface area contributed by atoms with Gasteiger partial charge in [-0.05, 0) is 5.16 Å². The Hall–Kier alpha value is -2.18. The van der Waals surface area contributed by atoms with E-state index in [0.29, 0.717) is 17.3 Å². The Balaban J connectivity index is 2.39. The lowest BCUT2D eigenvalue weighted by atomic mass is 10.3. The maximum Gasteiger partial charge on any atom is 0.254 e. The molecule has 0 aliphatic carbocycles. The van der Waals surface area contributed by atoms with Crippen LogP contribution in [0.15, 0.2) is 16.8 Å². The van der Waals surface area contributed by atoms with Crippen molar-refractivity contribution in [1.29, 1.82) is 0 Å². The summed E-state index contributed by atoms with van der Waals surface area (Å²) >= 11 is 0. The van der Waals surface area contributed by atoms with Crippen molar-refractivity contribution in [3.63, 3.8) is 0 Å². The molecule has 0 radical (unpaired) electrons. The molecule has 2 N–H and O–H groups in total. The zero-order chi connectivity index (χ0) is 9.97. The van der Waals surface area contributed by atoms with E-state index in [-0.39, 0.29) is 5.95 Å². The number of rotatable bonds is 2. The van der Waals surface area contributed by atoms with Crippen LogP contribution >= 0.6 is 0 Å². The minimum absolute atomic E-state index is 0.0814. The SMILES string of the molecule is COc1cc(-c2cnnc(N)n2)on1. The van der Waals surface area contributed by atoms with Gasteiger partial charge < -0.3 is 15.0 Å². The average Bonchev–Trinajstić information content (AvgIpc) is 2.66. The molecule has 0 fully saturated rings. The summed E-state index contributed by atoms with van der Waals surface area (Å²) in [6.07, 6.45) is 1.43. The van der Waals surface area contributed by atoms with Crippen LogP contribution in [-0.4, -0.2) is 27.4 Å². The van der Waals surface area contributed by atoms with Crippen LogP contribution in [0.4, 0.5) is 5.95 Å². The van der Waals surface area contributed by atoms with E-state index in [9.17, 15) is 0 Å². The maximum absolute atomic E-state index is 5.36. The number of ether oxygens (including phenoxy) is 1. The lowest BCUT2D eigenvalue weighted by Gasteiger charge is -1.92. The van der Waals surface area contributed by atoms with Gasteiger partial charge in [0.05, 0.1) is 19.4 Å². The third-order valence-electron chi connectivity index (χ3n) is 1.53. The molecule has 0 saturated heterocycles. The van der Waals surface area contributed by atoms with Crippen molar-refractivity contribution >= 4 is 5.95 Å². The summed E-state index contributed by atoms with van der Waals surface area (Å²) in [6.45, 7) is 0. The van der Waals surface area contributed by atoms with Crippen LogP contribution in [0.5, 0.6) is 5.88 Å². The number of hydrogen-bond donors (Lipinski definition) is 1. The largest absolute Gasteiger partial charge is 0.479 e. The van der Waals surface area contributed by atoms with Crippen LogP contribution < -0.4 is 10.5 Å². The van der Waals surface area contributed by atoms with Gasteiger partial charge in [0.15, 0.2) is 5.76 Å². The molecule has 0 unspecified atom stereocenters. The highest BCUT2D eigenvalue weighted by atomic mass is 16.5. The van der Waals surface area contributed by atoms with Gasteiger partial charge in [0.1, 0.15) is 5.69 Å². The molecule has 2 rings (SSSR count). The van der Waals surface area contributed by atoms with E-state index in [2.05, 4.69) is 20.3 Å². The molecule has 0 aromatic carbocycles. The quantitative estimate of drug-likeness (QED) is 0.722. The van der Waals surface area contributed by atoms with Crippen LogP contribution in [0.1, 0.15) is 0 Å². The van der Waals surface area contributed by atoms with Crippen molar-refractivity contribution in [3.8, 4) is 17.3 Å². The van der Waals surface area contributed by atoms with Gasteiger partial charge >= 0.3 is 0 Å². The number of nitrogens with two attached hydrogens (primary N) is 1. The Morgan fingerprint density at radius 3 is 3.00 bits per heavy atom. The first-order chi connectivity index (χ1) is 6.79. The first-order valence-electron chi connectivity index (χ1n) is 3.76. The lowest BCUT2D eigenvalue weighted by Crippen LogP contribution is -1.97. The van der Waals surface area contributed by atoms with Gasteiger partial charge in [-0.3, -0.25) is 0 Å². The number of nitrogen functional groups attached to an aromatic ring is 1. The highest BCUT2D eigenvalue weighted by molar-refractivity contribution is 5.52. The van der Waals surface area contributed by atoms with Crippen molar-refractivity contribution in [3.05, 3.63) is 12.3 Å². The Kier molecular flexibility index (Phi) is 1.98. The van der Waals surface area contributed by atoms with E-state index in [1.54, 1.807) is 6.07 Å². The number of anilines is 1. The van der Waals surface area contributed by atoms with E-state index >= 15 is 0 Å². The van der Waals surface area contributed by atoms with Gasteiger partial charge in [-0.2, -0.15) is 5.10 Å². The fourth-order valence-electron chi connectivity index (χ4n) is 0.912. The summed E-state index contributed by atoms with van der Waals surface area (Å²) < 4.78 is 9.78. The molecule has 0 atom stereocenters. The zero-order valence-corrected chi connectivity index (χ0v) is 7.34. The highest BCUT2D eigenvalue weighted by Crippen LogP contribution is 2.20. The maximum atomic E-state index is 5.36. The first-order valence-corrected chi connectivity index (χ1v) is 3.76. The average molecular weight is 193 g/mol. The van der Waals surface area contributed by atoms with Crippen molar-refractivity contribution in [2.75, 3.05) is 12.8 Å². The number of methoxy groups -OCH3 is 1. The van der Waals surface area contributed by atoms with Gasteiger partial charge in [-0.25, -0.2) is 4.98 Å².